The largest absolute Gasteiger partial charge is 0.379 e. The Bertz CT molecular complexity index is 265. The van der Waals surface area contributed by atoms with Crippen LogP contribution in [0.1, 0.15) is 0 Å². The molecule has 0 amide bonds. The van der Waals surface area contributed by atoms with Crippen LogP contribution in [0.15, 0.2) is 12.5 Å². The summed E-state index contributed by atoms with van der Waals surface area (Å²) in [6, 6.07) is 0. The van der Waals surface area contributed by atoms with E-state index in [0.29, 0.717) is 0 Å². The molecule has 2 rings (SSSR count). The van der Waals surface area contributed by atoms with Gasteiger partial charge < -0.3 is 10.2 Å². The van der Waals surface area contributed by atoms with E-state index in [1.807, 2.05) is 7.05 Å². The lowest BCUT2D eigenvalue weighted by Gasteiger charge is -2.26. The van der Waals surface area contributed by atoms with E-state index >= 15 is 0 Å². The molecule has 0 spiro atoms. The zero-order valence-corrected chi connectivity index (χ0v) is 7.64. The molecule has 1 aliphatic heterocycles. The number of nitrogens with one attached hydrogen (secondary N) is 1. The molecule has 0 aliphatic carbocycles. The van der Waals surface area contributed by atoms with E-state index in [0.717, 1.165) is 24.6 Å². The molecule has 1 aromatic heterocycles. The fraction of sp³-hybridized carbons (Fsp3) is 0.429. The quantitative estimate of drug-likeness (QED) is 0.650. The molecule has 12 heavy (non-hydrogen) atoms. The van der Waals surface area contributed by atoms with Crippen molar-refractivity contribution >= 4 is 23.9 Å². The topological polar surface area (TPSA) is 41.0 Å². The fourth-order valence-corrected chi connectivity index (χ4v) is 1.22. The summed E-state index contributed by atoms with van der Waals surface area (Å²) >= 11 is 0. The number of aromatic nitrogens is 2. The molecule has 1 aliphatic rings. The number of likely N-dealkylation sites (N-methyl/N-ethyl adjacent to an activating group) is 1. The Kier molecular flexibility index (Phi) is 2.70. The average molecular weight is 187 g/mol. The van der Waals surface area contributed by atoms with Gasteiger partial charge in [0.25, 0.3) is 0 Å². The van der Waals surface area contributed by atoms with E-state index in [9.17, 15) is 0 Å². The maximum Gasteiger partial charge on any atom is 0.155 e. The lowest BCUT2D eigenvalue weighted by atomic mass is 10.3. The molecule has 0 bridgehead atoms. The number of nitrogens with zero attached hydrogens (tertiary/aromatic N) is 3. The van der Waals surface area contributed by atoms with Crippen molar-refractivity contribution in [1.29, 1.82) is 0 Å². The van der Waals surface area contributed by atoms with E-state index in [4.69, 9.17) is 0 Å². The van der Waals surface area contributed by atoms with Crippen molar-refractivity contribution < 1.29 is 0 Å². The lowest BCUT2D eigenvalue weighted by Crippen LogP contribution is -2.31. The van der Waals surface area contributed by atoms with Gasteiger partial charge in [0.05, 0.1) is 11.9 Å². The fourth-order valence-electron chi connectivity index (χ4n) is 1.22. The van der Waals surface area contributed by atoms with Crippen molar-refractivity contribution in [2.75, 3.05) is 30.4 Å². The predicted molar refractivity (Wildman–Crippen MR) is 51.0 cm³/mol. The molecule has 4 nitrogen and oxygen atoms in total. The second kappa shape index (κ2) is 3.58. The van der Waals surface area contributed by atoms with E-state index < -0.39 is 0 Å². The summed E-state index contributed by atoms with van der Waals surface area (Å²) in [6.07, 6.45) is 3.38. The van der Waals surface area contributed by atoms with Gasteiger partial charge in [0.1, 0.15) is 6.33 Å². The molecule has 5 heteroatoms. The first-order chi connectivity index (χ1) is 5.38. The second-order valence-electron chi connectivity index (χ2n) is 2.61. The Balaban J connectivity index is 0.000000720. The zero-order valence-electron chi connectivity index (χ0n) is 6.82. The summed E-state index contributed by atoms with van der Waals surface area (Å²) in [7, 11) is 2.03. The Labute approximate surface area is 77.4 Å². The molecule has 1 N–H and O–H groups in total. The highest BCUT2D eigenvalue weighted by Crippen LogP contribution is 2.22. The molecule has 0 saturated carbocycles. The van der Waals surface area contributed by atoms with Crippen LogP contribution in [-0.4, -0.2) is 30.1 Å². The Morgan fingerprint density at radius 2 is 2.42 bits per heavy atom. The van der Waals surface area contributed by atoms with Crippen molar-refractivity contribution in [2.24, 2.45) is 0 Å². The average Bonchev–Trinajstić information content (AvgIpc) is 2.06. The summed E-state index contributed by atoms with van der Waals surface area (Å²) in [6.45, 7) is 1.97. The van der Waals surface area contributed by atoms with E-state index in [1.165, 1.54) is 0 Å². The smallest absolute Gasteiger partial charge is 0.155 e. The summed E-state index contributed by atoms with van der Waals surface area (Å²) in [5.41, 5.74) is 1.03. The van der Waals surface area contributed by atoms with E-state index in [2.05, 4.69) is 20.2 Å². The van der Waals surface area contributed by atoms with Crippen molar-refractivity contribution in [1.82, 2.24) is 9.97 Å². The Morgan fingerprint density at radius 3 is 3.17 bits per heavy atom. The minimum Gasteiger partial charge on any atom is -0.379 e. The van der Waals surface area contributed by atoms with Gasteiger partial charge in [0, 0.05) is 20.1 Å². The lowest BCUT2D eigenvalue weighted by molar-refractivity contribution is 0.856. The first-order valence-corrected chi connectivity index (χ1v) is 3.63. The Morgan fingerprint density at radius 1 is 1.58 bits per heavy atom. The van der Waals surface area contributed by atoms with Gasteiger partial charge in [-0.25, -0.2) is 9.97 Å². The number of hydrogen-bond donors (Lipinski definition) is 1. The van der Waals surface area contributed by atoms with Crippen LogP contribution >= 0.6 is 12.4 Å². The van der Waals surface area contributed by atoms with Gasteiger partial charge in [-0.15, -0.1) is 12.4 Å². The highest BCUT2D eigenvalue weighted by Gasteiger charge is 2.12. The van der Waals surface area contributed by atoms with Crippen molar-refractivity contribution in [3.63, 3.8) is 0 Å². The monoisotopic (exact) mass is 186 g/mol. The third-order valence-corrected chi connectivity index (χ3v) is 1.82. The van der Waals surface area contributed by atoms with Crippen LogP contribution in [-0.2, 0) is 0 Å². The molecule has 1 aromatic rings. The van der Waals surface area contributed by atoms with Crippen molar-refractivity contribution in [2.45, 2.75) is 0 Å². The molecule has 2 heterocycles. The van der Waals surface area contributed by atoms with Crippen molar-refractivity contribution in [3.8, 4) is 0 Å². The van der Waals surface area contributed by atoms with Gasteiger partial charge >= 0.3 is 0 Å². The van der Waals surface area contributed by atoms with Crippen LogP contribution in [0.5, 0.6) is 0 Å². The second-order valence-corrected chi connectivity index (χ2v) is 2.61. The van der Waals surface area contributed by atoms with Gasteiger partial charge in [-0.1, -0.05) is 0 Å². The zero-order chi connectivity index (χ0) is 7.68. The third-order valence-electron chi connectivity index (χ3n) is 1.82. The maximum absolute atomic E-state index is 4.15. The molecule has 0 atom stereocenters. The molecule has 0 fully saturated rings. The van der Waals surface area contributed by atoms with Gasteiger partial charge in [0.15, 0.2) is 5.82 Å². The van der Waals surface area contributed by atoms with Gasteiger partial charge in [-0.3, -0.25) is 0 Å². The van der Waals surface area contributed by atoms with Crippen LogP contribution in [0.4, 0.5) is 11.5 Å². The number of rotatable bonds is 0. The van der Waals surface area contributed by atoms with Crippen LogP contribution in [0.3, 0.4) is 0 Å². The first kappa shape index (κ1) is 9.06. The Hall–Kier alpha value is -1.03. The standard InChI is InChI=1S/C7H10N4.ClH/c1-11-3-2-9-6-4-8-5-10-7(6)11;/h4-5,9H,2-3H2,1H3;1H. The van der Waals surface area contributed by atoms with E-state index in [1.54, 1.807) is 12.5 Å². The normalized spacial score (nSPS) is 14.2. The van der Waals surface area contributed by atoms with Crippen LogP contribution in [0.25, 0.3) is 0 Å². The maximum atomic E-state index is 4.15. The SMILES string of the molecule is CN1CCNc2cncnc21.Cl. The van der Waals surface area contributed by atoms with E-state index in [-0.39, 0.29) is 12.4 Å². The minimum absolute atomic E-state index is 0. The molecule has 0 aromatic carbocycles. The van der Waals surface area contributed by atoms with Crippen LogP contribution in [0.2, 0.25) is 0 Å². The first-order valence-electron chi connectivity index (χ1n) is 3.63. The summed E-state index contributed by atoms with van der Waals surface area (Å²) < 4.78 is 0. The van der Waals surface area contributed by atoms with Gasteiger partial charge in [-0.2, -0.15) is 0 Å². The highest BCUT2D eigenvalue weighted by atomic mass is 35.5. The number of anilines is 2. The molecular formula is C7H11ClN4. The molecule has 66 valence electrons. The van der Waals surface area contributed by atoms with Crippen LogP contribution in [0, 0.1) is 0 Å². The van der Waals surface area contributed by atoms with Crippen LogP contribution < -0.4 is 10.2 Å². The predicted octanol–water partition coefficient (Wildman–Crippen LogP) is 0.760. The molecular weight excluding hydrogens is 176 g/mol. The minimum atomic E-state index is 0. The number of fused-ring (bicyclic) bond motifs is 1. The van der Waals surface area contributed by atoms with Gasteiger partial charge in [-0.05, 0) is 0 Å². The van der Waals surface area contributed by atoms with Gasteiger partial charge in [0.2, 0.25) is 0 Å². The third kappa shape index (κ3) is 1.43. The summed E-state index contributed by atoms with van der Waals surface area (Å²) in [5, 5.41) is 3.23. The molecule has 0 radical (unpaired) electrons. The summed E-state index contributed by atoms with van der Waals surface area (Å²) in [4.78, 5) is 10.2. The van der Waals surface area contributed by atoms with Crippen molar-refractivity contribution in [3.05, 3.63) is 12.5 Å². The number of halogens is 1. The highest BCUT2D eigenvalue weighted by molar-refractivity contribution is 5.85. The molecule has 0 saturated heterocycles. The number of hydrogen-bond acceptors (Lipinski definition) is 4. The summed E-state index contributed by atoms with van der Waals surface area (Å²) in [5.74, 6) is 0.992. The molecule has 0 unspecified atom stereocenters.